The topological polar surface area (TPSA) is 40.6 Å². The van der Waals surface area contributed by atoms with Gasteiger partial charge in [-0.05, 0) is 48.9 Å². The first-order chi connectivity index (χ1) is 15.6. The lowest BCUT2D eigenvalue weighted by Crippen LogP contribution is -2.36. The van der Waals surface area contributed by atoms with Crippen molar-refractivity contribution in [1.82, 2.24) is 4.90 Å². The van der Waals surface area contributed by atoms with Crippen LogP contribution in [0.25, 0.3) is 0 Å². The average Bonchev–Trinajstić information content (AvgIpc) is 3.64. The number of amides is 2. The highest BCUT2D eigenvalue weighted by Gasteiger charge is 2.34. The van der Waals surface area contributed by atoms with Crippen molar-refractivity contribution in [2.45, 2.75) is 64.3 Å². The van der Waals surface area contributed by atoms with Crippen molar-refractivity contribution in [3.05, 3.63) is 65.5 Å². The second kappa shape index (κ2) is 10.8. The summed E-state index contributed by atoms with van der Waals surface area (Å²) in [6, 6.07) is 14.5. The summed E-state index contributed by atoms with van der Waals surface area (Å²) in [5, 5.41) is 0. The normalized spacial score (nSPS) is 18.2. The minimum Gasteiger partial charge on any atom is -0.338 e. The SMILES string of the molecule is O=C(Cc1ccccc1F)N1CCCCCCCCN(C(=O)C2CC2)c2ccccc2C1. The molecule has 0 N–H and O–H groups in total. The number of fused-ring (bicyclic) bond motifs is 1. The summed E-state index contributed by atoms with van der Waals surface area (Å²) in [4.78, 5) is 30.1. The van der Waals surface area contributed by atoms with E-state index in [9.17, 15) is 14.0 Å². The summed E-state index contributed by atoms with van der Waals surface area (Å²) in [5.74, 6) is -0.0396. The fraction of sp³-hybridized carbons (Fsp3) is 0.481. The Kier molecular flexibility index (Phi) is 7.56. The van der Waals surface area contributed by atoms with E-state index >= 15 is 0 Å². The highest BCUT2D eigenvalue weighted by molar-refractivity contribution is 5.97. The van der Waals surface area contributed by atoms with Crippen molar-refractivity contribution >= 4 is 17.5 Å². The molecule has 0 unspecified atom stereocenters. The van der Waals surface area contributed by atoms with E-state index in [1.807, 2.05) is 34.1 Å². The zero-order valence-electron chi connectivity index (χ0n) is 18.8. The van der Waals surface area contributed by atoms with E-state index in [1.165, 1.54) is 6.07 Å². The number of rotatable bonds is 3. The highest BCUT2D eigenvalue weighted by atomic mass is 19.1. The van der Waals surface area contributed by atoms with Crippen LogP contribution in [0.1, 0.15) is 62.5 Å². The van der Waals surface area contributed by atoms with Crippen LogP contribution in [-0.2, 0) is 22.6 Å². The van der Waals surface area contributed by atoms with Gasteiger partial charge in [0.1, 0.15) is 5.82 Å². The molecule has 0 atom stereocenters. The molecular weight excluding hydrogens is 403 g/mol. The van der Waals surface area contributed by atoms with Gasteiger partial charge in [0.2, 0.25) is 11.8 Å². The number of anilines is 1. The molecule has 2 aromatic carbocycles. The summed E-state index contributed by atoms with van der Waals surface area (Å²) in [7, 11) is 0. The Morgan fingerprint density at radius 2 is 1.50 bits per heavy atom. The molecule has 0 bridgehead atoms. The minimum atomic E-state index is -0.340. The molecule has 4 rings (SSSR count). The van der Waals surface area contributed by atoms with Crippen LogP contribution in [0, 0.1) is 11.7 Å². The van der Waals surface area contributed by atoms with Crippen LogP contribution in [0.15, 0.2) is 48.5 Å². The maximum atomic E-state index is 14.2. The predicted molar refractivity (Wildman–Crippen MR) is 125 cm³/mol. The van der Waals surface area contributed by atoms with Crippen molar-refractivity contribution < 1.29 is 14.0 Å². The Labute approximate surface area is 190 Å². The molecule has 2 amide bonds. The van der Waals surface area contributed by atoms with Gasteiger partial charge < -0.3 is 9.80 Å². The molecule has 32 heavy (non-hydrogen) atoms. The Morgan fingerprint density at radius 3 is 2.25 bits per heavy atom. The average molecular weight is 437 g/mol. The first-order valence-corrected chi connectivity index (χ1v) is 12.0. The monoisotopic (exact) mass is 436 g/mol. The molecule has 0 saturated heterocycles. The quantitative estimate of drug-likeness (QED) is 0.638. The van der Waals surface area contributed by atoms with E-state index < -0.39 is 0 Å². The van der Waals surface area contributed by atoms with Crippen molar-refractivity contribution in [3.8, 4) is 0 Å². The number of carbonyl (C=O) groups is 2. The van der Waals surface area contributed by atoms with E-state index in [-0.39, 0.29) is 30.0 Å². The third-order valence-electron chi connectivity index (χ3n) is 6.55. The first kappa shape index (κ1) is 22.5. The van der Waals surface area contributed by atoms with Crippen LogP contribution in [0.2, 0.25) is 0 Å². The fourth-order valence-corrected chi connectivity index (χ4v) is 4.50. The van der Waals surface area contributed by atoms with E-state index in [4.69, 9.17) is 0 Å². The minimum absolute atomic E-state index is 0.0551. The van der Waals surface area contributed by atoms with Crippen molar-refractivity contribution in [3.63, 3.8) is 0 Å². The van der Waals surface area contributed by atoms with Crippen molar-refractivity contribution in [1.29, 1.82) is 0 Å². The second-order valence-electron chi connectivity index (χ2n) is 9.10. The zero-order valence-corrected chi connectivity index (χ0v) is 18.8. The lowest BCUT2D eigenvalue weighted by Gasteiger charge is -2.28. The molecule has 2 aromatic rings. The van der Waals surface area contributed by atoms with Crippen LogP contribution >= 0.6 is 0 Å². The standard InChI is InChI=1S/C27H33FN2O2/c28-24-13-7-5-11-22(24)19-26(31)29-17-9-3-1-2-4-10-18-30(27(32)21-15-16-21)25-14-8-6-12-23(25)20-29/h5-8,11-14,21H,1-4,9-10,15-20H2. The number of nitrogens with zero attached hydrogens (tertiary/aromatic N) is 2. The third kappa shape index (κ3) is 5.76. The van der Waals surface area contributed by atoms with Gasteiger partial charge in [0, 0.05) is 31.2 Å². The molecule has 1 heterocycles. The zero-order chi connectivity index (χ0) is 22.3. The van der Waals surface area contributed by atoms with Gasteiger partial charge in [-0.2, -0.15) is 0 Å². The van der Waals surface area contributed by atoms with Crippen molar-refractivity contribution in [2.24, 2.45) is 5.92 Å². The number of hydrogen-bond acceptors (Lipinski definition) is 2. The van der Waals surface area contributed by atoms with Gasteiger partial charge in [0.05, 0.1) is 6.42 Å². The molecule has 0 radical (unpaired) electrons. The molecule has 1 saturated carbocycles. The molecule has 0 aromatic heterocycles. The molecule has 2 aliphatic rings. The van der Waals surface area contributed by atoms with Gasteiger partial charge in [0.15, 0.2) is 0 Å². The Balaban J connectivity index is 1.60. The smallest absolute Gasteiger partial charge is 0.230 e. The van der Waals surface area contributed by atoms with Gasteiger partial charge in [-0.15, -0.1) is 0 Å². The van der Waals surface area contributed by atoms with Gasteiger partial charge in [-0.25, -0.2) is 4.39 Å². The Morgan fingerprint density at radius 1 is 0.844 bits per heavy atom. The molecule has 170 valence electrons. The van der Waals surface area contributed by atoms with Gasteiger partial charge in [-0.3, -0.25) is 9.59 Å². The van der Waals surface area contributed by atoms with Crippen LogP contribution < -0.4 is 4.90 Å². The van der Waals surface area contributed by atoms with E-state index in [0.29, 0.717) is 18.7 Å². The van der Waals surface area contributed by atoms with Crippen LogP contribution in [0.5, 0.6) is 0 Å². The molecule has 0 spiro atoms. The summed E-state index contributed by atoms with van der Waals surface area (Å²) in [6.07, 6.45) is 8.44. The number of benzene rings is 2. The van der Waals surface area contributed by atoms with Crippen molar-refractivity contribution in [2.75, 3.05) is 18.0 Å². The summed E-state index contributed by atoms with van der Waals surface area (Å²) in [6.45, 7) is 1.83. The van der Waals surface area contributed by atoms with E-state index in [2.05, 4.69) is 0 Å². The Bertz CT molecular complexity index is 941. The molecule has 4 nitrogen and oxygen atoms in total. The first-order valence-electron chi connectivity index (χ1n) is 12.0. The predicted octanol–water partition coefficient (Wildman–Crippen LogP) is 5.49. The summed E-state index contributed by atoms with van der Waals surface area (Å²) in [5.41, 5.74) is 2.34. The molecule has 1 aliphatic heterocycles. The Hall–Kier alpha value is -2.69. The molecule has 1 fully saturated rings. The molecule has 1 aliphatic carbocycles. The largest absolute Gasteiger partial charge is 0.338 e. The lowest BCUT2D eigenvalue weighted by atomic mass is 10.1. The fourth-order valence-electron chi connectivity index (χ4n) is 4.50. The van der Waals surface area contributed by atoms with Gasteiger partial charge in [0.25, 0.3) is 0 Å². The van der Waals surface area contributed by atoms with Gasteiger partial charge >= 0.3 is 0 Å². The van der Waals surface area contributed by atoms with Crippen LogP contribution in [-0.4, -0.2) is 29.8 Å². The van der Waals surface area contributed by atoms with Gasteiger partial charge in [-0.1, -0.05) is 62.1 Å². The number of para-hydroxylation sites is 1. The number of carbonyl (C=O) groups excluding carboxylic acids is 2. The molecular formula is C27H33FN2O2. The molecule has 5 heteroatoms. The maximum absolute atomic E-state index is 14.2. The van der Waals surface area contributed by atoms with Crippen LogP contribution in [0.3, 0.4) is 0 Å². The highest BCUT2D eigenvalue weighted by Crippen LogP contribution is 2.34. The second-order valence-corrected chi connectivity index (χ2v) is 9.10. The van der Waals surface area contributed by atoms with E-state index in [1.54, 1.807) is 18.2 Å². The summed E-state index contributed by atoms with van der Waals surface area (Å²) >= 11 is 0. The lowest BCUT2D eigenvalue weighted by molar-refractivity contribution is -0.131. The third-order valence-corrected chi connectivity index (χ3v) is 6.55. The van der Waals surface area contributed by atoms with Crippen LogP contribution in [0.4, 0.5) is 10.1 Å². The number of halogens is 1. The number of hydrogen-bond donors (Lipinski definition) is 0. The van der Waals surface area contributed by atoms with E-state index in [0.717, 1.165) is 69.2 Å². The summed E-state index contributed by atoms with van der Waals surface area (Å²) < 4.78 is 14.2. The maximum Gasteiger partial charge on any atom is 0.230 e.